The van der Waals surface area contributed by atoms with Crippen LogP contribution in [0, 0.1) is 0 Å². The van der Waals surface area contributed by atoms with Crippen LogP contribution in [-0.2, 0) is 10.5 Å². The van der Waals surface area contributed by atoms with E-state index < -0.39 is 10.5 Å². The molecular formula is NO2S-. The van der Waals surface area contributed by atoms with Crippen molar-refractivity contribution in [3.8, 4) is 0 Å². The van der Waals surface area contributed by atoms with E-state index >= 15 is 0 Å². The van der Waals surface area contributed by atoms with E-state index in [-0.39, 0.29) is 0 Å². The minimum atomic E-state index is -2.86. The van der Waals surface area contributed by atoms with Crippen molar-refractivity contribution >= 4 is 10.5 Å². The molecule has 0 aliphatic carbocycles. The minimum absolute atomic E-state index is 2.86. The zero-order valence-corrected chi connectivity index (χ0v) is 2.49. The van der Waals surface area contributed by atoms with E-state index in [1.165, 1.54) is 0 Å². The third kappa shape index (κ3) is 4.31. The Morgan fingerprint density at radius 1 is 1.50 bits per heavy atom. The molecule has 0 amide bonds. The summed E-state index contributed by atoms with van der Waals surface area (Å²) >= 11 is 0. The lowest BCUT2D eigenvalue weighted by Crippen LogP contribution is -1.32. The fraction of sp³-hybridized carbons (Fsp3) is 0. The van der Waals surface area contributed by atoms with Gasteiger partial charge in [0.05, 0.1) is 0 Å². The highest BCUT2D eigenvalue weighted by Crippen LogP contribution is 1.20. The quantitative estimate of drug-likeness (QED) is 0.396. The molecule has 0 aliphatic heterocycles. The Balaban J connectivity index is 4.65. The normalized spacial score (nSPS) is 6.00. The van der Waals surface area contributed by atoms with Gasteiger partial charge in [-0.3, -0.25) is 0 Å². The Bertz CT molecular complexity index is 75.4. The molecule has 0 saturated carbocycles. The lowest BCUT2D eigenvalue weighted by Gasteiger charge is -1.41. The second-order valence-electron chi connectivity index (χ2n) is 0.217. The van der Waals surface area contributed by atoms with Crippen LogP contribution in [0.15, 0.2) is 0 Å². The van der Waals surface area contributed by atoms with E-state index in [0.717, 1.165) is 0 Å². The van der Waals surface area contributed by atoms with Crippen LogP contribution < -0.4 is 0 Å². The number of hydrogen-bond donors (Lipinski definition) is 0. The fourth-order valence-electron chi connectivity index (χ4n) is 0. The van der Waals surface area contributed by atoms with Crippen LogP contribution >= 0.6 is 0 Å². The lowest BCUT2D eigenvalue weighted by atomic mass is 14.0. The third-order valence-electron chi connectivity index (χ3n) is 0. The largest absolute Gasteiger partial charge is 0.686 e. The van der Waals surface area contributed by atoms with Crippen LogP contribution in [0.25, 0.3) is 4.78 Å². The predicted octanol–water partition coefficient (Wildman–Crippen LogP) is -0.381. The van der Waals surface area contributed by atoms with Crippen molar-refractivity contribution in [2.24, 2.45) is 0 Å². The Labute approximate surface area is 24.8 Å². The Hall–Kier alpha value is -0.380. The topological polar surface area (TPSA) is 56.4 Å². The number of hydrogen-bond acceptors (Lipinski definition) is 2. The van der Waals surface area contributed by atoms with Gasteiger partial charge in [-0.2, -0.15) is 0 Å². The molecule has 0 aliphatic rings. The van der Waals surface area contributed by atoms with Crippen molar-refractivity contribution in [3.05, 3.63) is 4.78 Å². The average molecular weight is 78.1 g/mol. The molecule has 3 nitrogen and oxygen atoms in total. The van der Waals surface area contributed by atoms with Crippen molar-refractivity contribution < 1.29 is 8.42 Å². The van der Waals surface area contributed by atoms with Gasteiger partial charge in [-0.05, 0) is 0 Å². The highest BCUT2D eigenvalue weighted by atomic mass is 32.2. The van der Waals surface area contributed by atoms with Gasteiger partial charge in [0.2, 0.25) is 0 Å². The van der Waals surface area contributed by atoms with Crippen molar-refractivity contribution in [3.63, 3.8) is 0 Å². The van der Waals surface area contributed by atoms with Crippen LogP contribution in [0.1, 0.15) is 0 Å². The minimum Gasteiger partial charge on any atom is -0.686 e. The van der Waals surface area contributed by atoms with Gasteiger partial charge in [-0.25, -0.2) is 8.42 Å². The summed E-state index contributed by atoms with van der Waals surface area (Å²) in [6, 6.07) is 0. The van der Waals surface area contributed by atoms with Gasteiger partial charge in [-0.15, -0.1) is 0 Å². The summed E-state index contributed by atoms with van der Waals surface area (Å²) in [6.07, 6.45) is 0. The summed E-state index contributed by atoms with van der Waals surface area (Å²) in [5, 5.41) is 0. The zero-order valence-electron chi connectivity index (χ0n) is 1.67. The van der Waals surface area contributed by atoms with Gasteiger partial charge in [0, 0.05) is 0 Å². The van der Waals surface area contributed by atoms with Crippen LogP contribution in [0.4, 0.5) is 0 Å². The third-order valence-corrected chi connectivity index (χ3v) is 0. The van der Waals surface area contributed by atoms with E-state index in [4.69, 9.17) is 13.2 Å². The Morgan fingerprint density at radius 2 is 1.50 bits per heavy atom. The zero-order chi connectivity index (χ0) is 3.58. The predicted molar refractivity (Wildman–Crippen MR) is 12.3 cm³/mol. The maximum Gasteiger partial charge on any atom is 0.102 e. The second-order valence-corrected chi connectivity index (χ2v) is 0.651. The summed E-state index contributed by atoms with van der Waals surface area (Å²) in [7, 11) is -2.86. The summed E-state index contributed by atoms with van der Waals surface area (Å²) in [6.45, 7) is 0. The molecule has 0 saturated heterocycles. The second kappa shape index (κ2) is 1.00. The number of nitrogens with zero attached hydrogens (tertiary/aromatic N) is 1. The maximum absolute atomic E-state index is 8.56. The Kier molecular flexibility index (Phi) is 0.907. The van der Waals surface area contributed by atoms with Gasteiger partial charge < -0.3 is 4.78 Å². The molecule has 0 rings (SSSR count). The summed E-state index contributed by atoms with van der Waals surface area (Å²) < 4.78 is 24.1. The van der Waals surface area contributed by atoms with E-state index in [0.29, 0.717) is 0 Å². The maximum atomic E-state index is 8.56. The van der Waals surface area contributed by atoms with Crippen LogP contribution in [0.5, 0.6) is 0 Å². The molecule has 0 aromatic carbocycles. The van der Waals surface area contributed by atoms with Gasteiger partial charge in [0.25, 0.3) is 0 Å². The van der Waals surface area contributed by atoms with Crippen molar-refractivity contribution in [2.45, 2.75) is 0 Å². The molecule has 0 atom stereocenters. The molecular weight excluding hydrogens is 78.1 g/mol. The van der Waals surface area contributed by atoms with Gasteiger partial charge >= 0.3 is 0 Å². The lowest BCUT2D eigenvalue weighted by molar-refractivity contribution is 0.626. The first kappa shape index (κ1) is 3.62. The van der Waals surface area contributed by atoms with Crippen molar-refractivity contribution in [1.82, 2.24) is 0 Å². The van der Waals surface area contributed by atoms with Crippen molar-refractivity contribution in [1.29, 1.82) is 0 Å². The van der Waals surface area contributed by atoms with Crippen LogP contribution in [-0.4, -0.2) is 8.42 Å². The monoisotopic (exact) mass is 78.0 g/mol. The van der Waals surface area contributed by atoms with Crippen molar-refractivity contribution in [2.75, 3.05) is 0 Å². The molecule has 0 radical (unpaired) electrons. The first-order valence-electron chi connectivity index (χ1n) is 0.516. The molecule has 0 spiro atoms. The average Bonchev–Trinajstić information content (AvgIpc) is 0.811. The van der Waals surface area contributed by atoms with E-state index in [2.05, 4.69) is 0 Å². The molecule has 4 heavy (non-hydrogen) atoms. The Morgan fingerprint density at radius 3 is 1.50 bits per heavy atom. The molecule has 0 aromatic heterocycles. The molecule has 4 heteroatoms. The molecule has 0 unspecified atom stereocenters. The van der Waals surface area contributed by atoms with E-state index in [1.807, 2.05) is 0 Å². The molecule has 0 fully saturated rings. The standard InChI is InChI=1S/NO2S/c1-4(2)3/q-1. The van der Waals surface area contributed by atoms with Gasteiger partial charge in [0.1, 0.15) is 10.5 Å². The highest BCUT2D eigenvalue weighted by Gasteiger charge is 1.13. The van der Waals surface area contributed by atoms with Crippen LogP contribution in [0.3, 0.4) is 0 Å². The number of rotatable bonds is 0. The first-order valence-corrected chi connectivity index (χ1v) is 1.55. The SMILES string of the molecule is [N-]=S(=O)=O. The smallest absolute Gasteiger partial charge is 0.102 e. The van der Waals surface area contributed by atoms with E-state index in [1.54, 1.807) is 0 Å². The summed E-state index contributed by atoms with van der Waals surface area (Å²) in [5.41, 5.74) is 0. The summed E-state index contributed by atoms with van der Waals surface area (Å²) in [5.74, 6) is 0. The fourth-order valence-corrected chi connectivity index (χ4v) is 0. The highest BCUT2D eigenvalue weighted by molar-refractivity contribution is 7.63. The van der Waals surface area contributed by atoms with Gasteiger partial charge in [-0.1, -0.05) is 0 Å². The van der Waals surface area contributed by atoms with Gasteiger partial charge in [0.15, 0.2) is 0 Å². The molecule has 24 valence electrons. The summed E-state index contributed by atoms with van der Waals surface area (Å²) in [4.78, 5) is 0. The molecule has 0 aromatic rings. The first-order chi connectivity index (χ1) is 1.73. The van der Waals surface area contributed by atoms with E-state index in [9.17, 15) is 0 Å². The van der Waals surface area contributed by atoms with Crippen LogP contribution in [0.2, 0.25) is 0 Å². The molecule has 0 N–H and O–H groups in total. The molecule has 0 bridgehead atoms. The molecule has 0 heterocycles.